The number of unbranched alkanes of at least 4 members (excludes halogenated alkanes) is 1. The Hall–Kier alpha value is -1.66. The first-order chi connectivity index (χ1) is 12.5. The minimum Gasteiger partial charge on any atom is -0.478 e. The van der Waals surface area contributed by atoms with E-state index in [-0.39, 0.29) is 12.0 Å². The van der Waals surface area contributed by atoms with Gasteiger partial charge >= 0.3 is 0 Å². The molecule has 1 aromatic carbocycles. The molecule has 0 unspecified atom stereocenters. The van der Waals surface area contributed by atoms with Crippen LogP contribution in [0.1, 0.15) is 39.0 Å². The number of nitrogens with zero attached hydrogens (tertiary/aromatic N) is 2. The molecule has 144 valence electrons. The number of allylic oxidation sites excluding steroid dienone is 1. The minimum atomic E-state index is -3.41. The lowest BCUT2D eigenvalue weighted by molar-refractivity contribution is 0.291. The topological polar surface area (TPSA) is 59.0 Å². The van der Waals surface area contributed by atoms with E-state index in [0.717, 1.165) is 38.0 Å². The first-order valence-electron chi connectivity index (χ1n) is 9.31. The molecule has 2 atom stereocenters. The summed E-state index contributed by atoms with van der Waals surface area (Å²) < 4.78 is 32.2. The van der Waals surface area contributed by atoms with E-state index in [1.165, 1.54) is 4.31 Å². The predicted octanol–water partition coefficient (Wildman–Crippen LogP) is 3.88. The highest BCUT2D eigenvalue weighted by atomic mass is 32.2. The standard InChI is InChI=1S/C20H30N2O3S/c1-4-11-17(20-21-18(5-2)16-25-20)12-9-10-15-22(3)26(23,24)19-13-7-6-8-14-19/h4,6-8,13-14,17-18H,1,5,9-12,15-16H2,2-3H3/t17-,18-/m1/s1. The van der Waals surface area contributed by atoms with Crippen LogP contribution in [0.15, 0.2) is 52.9 Å². The molecule has 1 heterocycles. The summed E-state index contributed by atoms with van der Waals surface area (Å²) in [5, 5.41) is 0. The zero-order valence-corrected chi connectivity index (χ0v) is 16.6. The van der Waals surface area contributed by atoms with E-state index in [2.05, 4.69) is 18.5 Å². The summed E-state index contributed by atoms with van der Waals surface area (Å²) in [5.41, 5.74) is 0. The van der Waals surface area contributed by atoms with Crippen LogP contribution in [0.25, 0.3) is 0 Å². The van der Waals surface area contributed by atoms with Crippen molar-refractivity contribution in [2.45, 2.75) is 50.0 Å². The molecule has 1 aliphatic rings. The van der Waals surface area contributed by atoms with Crippen LogP contribution in [0, 0.1) is 5.92 Å². The molecule has 2 rings (SSSR count). The number of rotatable bonds is 11. The van der Waals surface area contributed by atoms with Crippen LogP contribution in [0.3, 0.4) is 0 Å². The van der Waals surface area contributed by atoms with Crippen LogP contribution in [0.5, 0.6) is 0 Å². The molecular formula is C20H30N2O3S. The molecule has 0 saturated carbocycles. The summed E-state index contributed by atoms with van der Waals surface area (Å²) in [7, 11) is -1.77. The molecule has 5 nitrogen and oxygen atoms in total. The monoisotopic (exact) mass is 378 g/mol. The minimum absolute atomic E-state index is 0.250. The fourth-order valence-corrected chi connectivity index (χ4v) is 4.26. The molecular weight excluding hydrogens is 348 g/mol. The zero-order valence-electron chi connectivity index (χ0n) is 15.8. The van der Waals surface area contributed by atoms with E-state index >= 15 is 0 Å². The van der Waals surface area contributed by atoms with E-state index in [0.29, 0.717) is 18.0 Å². The van der Waals surface area contributed by atoms with Gasteiger partial charge in [-0.05, 0) is 37.8 Å². The van der Waals surface area contributed by atoms with Crippen molar-refractivity contribution in [2.75, 3.05) is 20.2 Å². The van der Waals surface area contributed by atoms with Gasteiger partial charge in [0.2, 0.25) is 10.0 Å². The Balaban J connectivity index is 1.83. The van der Waals surface area contributed by atoms with Gasteiger partial charge in [0, 0.05) is 19.5 Å². The molecule has 0 aromatic heterocycles. The summed E-state index contributed by atoms with van der Waals surface area (Å²) >= 11 is 0. The number of hydrogen-bond acceptors (Lipinski definition) is 4. The first-order valence-corrected chi connectivity index (χ1v) is 10.8. The number of ether oxygens (including phenoxy) is 1. The Bertz CT molecular complexity index is 701. The van der Waals surface area contributed by atoms with E-state index in [4.69, 9.17) is 4.74 Å². The molecule has 1 aromatic rings. The van der Waals surface area contributed by atoms with Crippen LogP contribution in [0.2, 0.25) is 0 Å². The maximum atomic E-state index is 12.5. The van der Waals surface area contributed by atoms with Crippen molar-refractivity contribution in [3.8, 4) is 0 Å². The van der Waals surface area contributed by atoms with Gasteiger partial charge in [-0.2, -0.15) is 0 Å². The van der Waals surface area contributed by atoms with Crippen LogP contribution >= 0.6 is 0 Å². The summed E-state index contributed by atoms with van der Waals surface area (Å²) in [6, 6.07) is 8.84. The smallest absolute Gasteiger partial charge is 0.242 e. The van der Waals surface area contributed by atoms with Crippen LogP contribution < -0.4 is 0 Å². The number of benzene rings is 1. The van der Waals surface area contributed by atoms with Gasteiger partial charge in [-0.3, -0.25) is 0 Å². The van der Waals surface area contributed by atoms with Crippen molar-refractivity contribution in [1.29, 1.82) is 0 Å². The molecule has 1 aliphatic heterocycles. The second kappa shape index (κ2) is 9.88. The summed E-state index contributed by atoms with van der Waals surface area (Å²) in [5.74, 6) is 1.10. The highest BCUT2D eigenvalue weighted by Gasteiger charge is 2.24. The highest BCUT2D eigenvalue weighted by molar-refractivity contribution is 7.89. The second-order valence-corrected chi connectivity index (χ2v) is 8.74. The van der Waals surface area contributed by atoms with Gasteiger partial charge in [0.15, 0.2) is 5.90 Å². The average molecular weight is 379 g/mol. The van der Waals surface area contributed by atoms with Crippen LogP contribution in [-0.2, 0) is 14.8 Å². The lowest BCUT2D eigenvalue weighted by Crippen LogP contribution is -2.28. The first kappa shape index (κ1) is 20.6. The van der Waals surface area contributed by atoms with Crippen molar-refractivity contribution in [1.82, 2.24) is 4.31 Å². The molecule has 0 aliphatic carbocycles. The molecule has 6 heteroatoms. The molecule has 0 saturated heterocycles. The molecule has 0 bridgehead atoms. The molecule has 0 fully saturated rings. The average Bonchev–Trinajstić information content (AvgIpc) is 3.13. The lowest BCUT2D eigenvalue weighted by Gasteiger charge is -2.18. The molecule has 0 amide bonds. The van der Waals surface area contributed by atoms with E-state index < -0.39 is 10.0 Å². The maximum Gasteiger partial charge on any atom is 0.242 e. The van der Waals surface area contributed by atoms with Gasteiger partial charge in [-0.15, -0.1) is 6.58 Å². The van der Waals surface area contributed by atoms with Crippen LogP contribution in [0.4, 0.5) is 0 Å². The van der Waals surface area contributed by atoms with Crippen molar-refractivity contribution < 1.29 is 13.2 Å². The third kappa shape index (κ3) is 5.42. The van der Waals surface area contributed by atoms with Crippen LogP contribution in [-0.4, -0.2) is 44.9 Å². The van der Waals surface area contributed by atoms with E-state index in [1.54, 1.807) is 31.3 Å². The van der Waals surface area contributed by atoms with Gasteiger partial charge in [-0.25, -0.2) is 17.7 Å². The second-order valence-electron chi connectivity index (χ2n) is 6.70. The van der Waals surface area contributed by atoms with Crippen molar-refractivity contribution in [2.24, 2.45) is 10.9 Å². The van der Waals surface area contributed by atoms with Crippen molar-refractivity contribution in [3.05, 3.63) is 43.0 Å². The molecule has 26 heavy (non-hydrogen) atoms. The summed E-state index contributed by atoms with van der Waals surface area (Å²) in [4.78, 5) is 5.00. The molecule has 0 spiro atoms. The highest BCUT2D eigenvalue weighted by Crippen LogP contribution is 2.22. The Morgan fingerprint density at radius 3 is 2.69 bits per heavy atom. The van der Waals surface area contributed by atoms with E-state index in [1.807, 2.05) is 12.1 Å². The van der Waals surface area contributed by atoms with Gasteiger partial charge in [0.25, 0.3) is 0 Å². The Morgan fingerprint density at radius 2 is 2.08 bits per heavy atom. The normalized spacial score (nSPS) is 18.4. The van der Waals surface area contributed by atoms with Gasteiger partial charge in [0.05, 0.1) is 10.9 Å². The SMILES string of the molecule is C=CC[C@H](CCCCN(C)S(=O)(=O)c1ccccc1)C1=N[C@H](CC)CO1. The van der Waals surface area contributed by atoms with Crippen molar-refractivity contribution >= 4 is 15.9 Å². The zero-order chi connectivity index (χ0) is 19.0. The molecule has 0 N–H and O–H groups in total. The predicted molar refractivity (Wildman–Crippen MR) is 106 cm³/mol. The van der Waals surface area contributed by atoms with E-state index in [9.17, 15) is 8.42 Å². The lowest BCUT2D eigenvalue weighted by atomic mass is 9.98. The Labute approximate surface area is 157 Å². The largest absolute Gasteiger partial charge is 0.478 e. The quantitative estimate of drug-likeness (QED) is 0.434. The number of aliphatic imine (C=N–C) groups is 1. The fourth-order valence-electron chi connectivity index (χ4n) is 3.03. The molecule has 0 radical (unpaired) electrons. The summed E-state index contributed by atoms with van der Waals surface area (Å²) in [6.07, 6.45) is 6.40. The summed E-state index contributed by atoms with van der Waals surface area (Å²) in [6.45, 7) is 7.13. The fraction of sp³-hybridized carbons (Fsp3) is 0.550. The Morgan fingerprint density at radius 1 is 1.35 bits per heavy atom. The maximum absolute atomic E-state index is 12.5. The number of sulfonamides is 1. The third-order valence-corrected chi connectivity index (χ3v) is 6.60. The van der Waals surface area contributed by atoms with Gasteiger partial charge in [-0.1, -0.05) is 37.6 Å². The third-order valence-electron chi connectivity index (χ3n) is 4.73. The van der Waals surface area contributed by atoms with Crippen molar-refractivity contribution in [3.63, 3.8) is 0 Å². The number of hydrogen-bond donors (Lipinski definition) is 0. The Kier molecular flexibility index (Phi) is 7.85. The van der Waals surface area contributed by atoms with Gasteiger partial charge < -0.3 is 4.74 Å². The van der Waals surface area contributed by atoms with Gasteiger partial charge in [0.1, 0.15) is 6.61 Å².